The molecule has 1 saturated heterocycles. The number of carbonyl (C=O) groups is 1. The van der Waals surface area contributed by atoms with Crippen LogP contribution in [0.15, 0.2) is 18.2 Å². The zero-order valence-electron chi connectivity index (χ0n) is 12.5. The van der Waals surface area contributed by atoms with Crippen LogP contribution in [0.5, 0.6) is 0 Å². The van der Waals surface area contributed by atoms with Crippen LogP contribution in [0.25, 0.3) is 0 Å². The van der Waals surface area contributed by atoms with Gasteiger partial charge in [-0.1, -0.05) is 13.0 Å². The molecule has 6 heteroatoms. The summed E-state index contributed by atoms with van der Waals surface area (Å²) in [7, 11) is 0. The molecule has 1 unspecified atom stereocenters. The lowest BCUT2D eigenvalue weighted by Crippen LogP contribution is -2.35. The van der Waals surface area contributed by atoms with Gasteiger partial charge in [0.2, 0.25) is 5.91 Å². The van der Waals surface area contributed by atoms with Gasteiger partial charge in [0, 0.05) is 12.2 Å². The first-order valence-electron chi connectivity index (χ1n) is 6.90. The molecule has 0 aromatic heterocycles. The van der Waals surface area contributed by atoms with Crippen LogP contribution in [0.2, 0.25) is 0 Å². The molecular weight excluding hydrogens is 293 g/mol. The van der Waals surface area contributed by atoms with Gasteiger partial charge in [-0.2, -0.15) is 0 Å². The van der Waals surface area contributed by atoms with Crippen molar-refractivity contribution in [2.45, 2.75) is 20.3 Å². The highest BCUT2D eigenvalue weighted by Gasteiger charge is 2.33. The number of carbonyl (C=O) groups excluding carboxylic acids is 1. The summed E-state index contributed by atoms with van der Waals surface area (Å²) in [6, 6.07) is 4.72. The lowest BCUT2D eigenvalue weighted by Gasteiger charge is -2.22. The van der Waals surface area contributed by atoms with Crippen molar-refractivity contribution in [3.05, 3.63) is 29.6 Å². The first-order chi connectivity index (χ1) is 9.42. The fourth-order valence-electron chi connectivity index (χ4n) is 2.50. The molecule has 118 valence electrons. The summed E-state index contributed by atoms with van der Waals surface area (Å²) in [6.45, 7) is 6.50. The zero-order chi connectivity index (χ0) is 14.8. The molecule has 1 aliphatic rings. The Labute approximate surface area is 131 Å². The molecule has 0 radical (unpaired) electrons. The number of rotatable bonds is 4. The maximum absolute atomic E-state index is 13.4. The third-order valence-corrected chi connectivity index (χ3v) is 3.95. The van der Waals surface area contributed by atoms with E-state index in [9.17, 15) is 9.18 Å². The summed E-state index contributed by atoms with van der Waals surface area (Å²) < 4.78 is 13.4. The molecule has 2 rings (SSSR count). The molecule has 1 fully saturated rings. The Morgan fingerprint density at radius 1 is 1.52 bits per heavy atom. The van der Waals surface area contributed by atoms with E-state index in [0.29, 0.717) is 24.3 Å². The van der Waals surface area contributed by atoms with Gasteiger partial charge in [-0.15, -0.1) is 12.4 Å². The predicted octanol–water partition coefficient (Wildman–Crippen LogP) is 2.17. The number of nitrogens with one attached hydrogen (secondary N) is 1. The molecule has 1 aromatic rings. The molecule has 0 bridgehead atoms. The monoisotopic (exact) mass is 315 g/mol. The summed E-state index contributed by atoms with van der Waals surface area (Å²) in [5.74, 6) is -0.422. The molecule has 0 saturated carbocycles. The van der Waals surface area contributed by atoms with Crippen LogP contribution in [0, 0.1) is 18.2 Å². The fourth-order valence-corrected chi connectivity index (χ4v) is 2.50. The number of amides is 1. The quantitative estimate of drug-likeness (QED) is 0.895. The number of halogens is 2. The van der Waals surface area contributed by atoms with Gasteiger partial charge >= 0.3 is 0 Å². The minimum atomic E-state index is -0.306. The molecule has 1 aromatic carbocycles. The Bertz CT molecular complexity index is 512. The first kappa shape index (κ1) is 17.9. The van der Waals surface area contributed by atoms with Gasteiger partial charge in [0.1, 0.15) is 5.82 Å². The van der Waals surface area contributed by atoms with Gasteiger partial charge in [0.05, 0.1) is 6.54 Å². The predicted molar refractivity (Wildman–Crippen MR) is 85.2 cm³/mol. The van der Waals surface area contributed by atoms with Crippen molar-refractivity contribution in [3.8, 4) is 0 Å². The summed E-state index contributed by atoms with van der Waals surface area (Å²) in [5, 5.41) is 2.73. The number of benzene rings is 1. The van der Waals surface area contributed by atoms with Crippen molar-refractivity contribution in [2.24, 2.45) is 11.1 Å². The molecule has 1 aliphatic heterocycles. The Hall–Kier alpha value is -1.17. The number of likely N-dealkylation sites (tertiary alicyclic amines) is 1. The van der Waals surface area contributed by atoms with Gasteiger partial charge in [-0.25, -0.2) is 4.39 Å². The average molecular weight is 316 g/mol. The number of nitrogens with two attached hydrogens (primary N) is 1. The summed E-state index contributed by atoms with van der Waals surface area (Å²) in [4.78, 5) is 14.0. The lowest BCUT2D eigenvalue weighted by atomic mass is 9.90. The highest BCUT2D eigenvalue weighted by Crippen LogP contribution is 2.28. The van der Waals surface area contributed by atoms with Crippen molar-refractivity contribution in [1.29, 1.82) is 0 Å². The van der Waals surface area contributed by atoms with Crippen molar-refractivity contribution in [3.63, 3.8) is 0 Å². The minimum absolute atomic E-state index is 0. The third kappa shape index (κ3) is 4.66. The van der Waals surface area contributed by atoms with Crippen LogP contribution in [-0.4, -0.2) is 37.0 Å². The lowest BCUT2D eigenvalue weighted by molar-refractivity contribution is -0.117. The van der Waals surface area contributed by atoms with E-state index in [0.717, 1.165) is 19.5 Å². The Balaban J connectivity index is 0.00000220. The third-order valence-electron chi connectivity index (χ3n) is 3.95. The smallest absolute Gasteiger partial charge is 0.238 e. The topological polar surface area (TPSA) is 58.4 Å². The summed E-state index contributed by atoms with van der Waals surface area (Å²) in [5.41, 5.74) is 6.92. The van der Waals surface area contributed by atoms with Crippen LogP contribution in [0.3, 0.4) is 0 Å². The molecule has 1 atom stereocenters. The summed E-state index contributed by atoms with van der Waals surface area (Å²) >= 11 is 0. The SMILES string of the molecule is Cc1ccc(NC(=O)CN2CCC(C)(CN)C2)cc1F.Cl. The van der Waals surface area contributed by atoms with Crippen LogP contribution in [0.4, 0.5) is 10.1 Å². The number of nitrogens with zero attached hydrogens (tertiary/aromatic N) is 1. The number of hydrogen-bond acceptors (Lipinski definition) is 3. The van der Waals surface area contributed by atoms with E-state index in [1.165, 1.54) is 6.07 Å². The van der Waals surface area contributed by atoms with E-state index < -0.39 is 0 Å². The molecule has 0 spiro atoms. The highest BCUT2D eigenvalue weighted by atomic mass is 35.5. The Morgan fingerprint density at radius 2 is 2.24 bits per heavy atom. The van der Waals surface area contributed by atoms with Gasteiger partial charge < -0.3 is 11.1 Å². The van der Waals surface area contributed by atoms with Crippen molar-refractivity contribution < 1.29 is 9.18 Å². The largest absolute Gasteiger partial charge is 0.330 e. The van der Waals surface area contributed by atoms with Gasteiger partial charge in [-0.05, 0) is 49.5 Å². The van der Waals surface area contributed by atoms with Crippen molar-refractivity contribution in [1.82, 2.24) is 4.90 Å². The van der Waals surface area contributed by atoms with Gasteiger partial charge in [0.25, 0.3) is 0 Å². The van der Waals surface area contributed by atoms with E-state index in [4.69, 9.17) is 5.73 Å². The van der Waals surface area contributed by atoms with E-state index in [1.54, 1.807) is 19.1 Å². The van der Waals surface area contributed by atoms with Crippen molar-refractivity contribution >= 4 is 24.0 Å². The van der Waals surface area contributed by atoms with Crippen LogP contribution in [-0.2, 0) is 4.79 Å². The number of aryl methyl sites for hydroxylation is 1. The van der Waals surface area contributed by atoms with Gasteiger partial charge in [-0.3, -0.25) is 9.69 Å². The molecule has 4 nitrogen and oxygen atoms in total. The summed E-state index contributed by atoms with van der Waals surface area (Å²) in [6.07, 6.45) is 1.01. The average Bonchev–Trinajstić information content (AvgIpc) is 2.76. The maximum Gasteiger partial charge on any atom is 0.238 e. The van der Waals surface area contributed by atoms with E-state index in [2.05, 4.69) is 17.1 Å². The zero-order valence-corrected chi connectivity index (χ0v) is 13.3. The maximum atomic E-state index is 13.4. The van der Waals surface area contributed by atoms with Crippen LogP contribution in [0.1, 0.15) is 18.9 Å². The molecule has 3 N–H and O–H groups in total. The van der Waals surface area contributed by atoms with Crippen molar-refractivity contribution in [2.75, 3.05) is 31.5 Å². The fraction of sp³-hybridized carbons (Fsp3) is 0.533. The molecule has 0 aliphatic carbocycles. The highest BCUT2D eigenvalue weighted by molar-refractivity contribution is 5.92. The number of hydrogen-bond donors (Lipinski definition) is 2. The standard InChI is InChI=1S/C15H22FN3O.ClH/c1-11-3-4-12(7-13(11)16)18-14(20)8-19-6-5-15(2,9-17)10-19;/h3-4,7H,5-6,8-10,17H2,1-2H3,(H,18,20);1H. The number of anilines is 1. The molecule has 1 heterocycles. The second kappa shape index (κ2) is 7.20. The first-order valence-corrected chi connectivity index (χ1v) is 6.90. The molecular formula is C15H23ClFN3O. The van der Waals surface area contributed by atoms with Crippen LogP contribution < -0.4 is 11.1 Å². The second-order valence-electron chi connectivity index (χ2n) is 5.99. The van der Waals surface area contributed by atoms with Crippen LogP contribution >= 0.6 is 12.4 Å². The normalized spacial score (nSPS) is 21.9. The van der Waals surface area contributed by atoms with Gasteiger partial charge in [0.15, 0.2) is 0 Å². The second-order valence-corrected chi connectivity index (χ2v) is 5.99. The van der Waals surface area contributed by atoms with E-state index >= 15 is 0 Å². The van der Waals surface area contributed by atoms with E-state index in [-0.39, 0.29) is 29.5 Å². The van der Waals surface area contributed by atoms with E-state index in [1.807, 2.05) is 0 Å². The Kier molecular flexibility index (Phi) is 6.13. The molecule has 21 heavy (non-hydrogen) atoms. The Morgan fingerprint density at radius 3 is 2.81 bits per heavy atom. The molecule has 1 amide bonds. The minimum Gasteiger partial charge on any atom is -0.330 e.